The maximum atomic E-state index is 11.7. The first-order valence-corrected chi connectivity index (χ1v) is 7.05. The molecule has 1 atom stereocenters. The van der Waals surface area contributed by atoms with Gasteiger partial charge in [-0.05, 0) is 18.1 Å². The van der Waals surface area contributed by atoms with Gasteiger partial charge in [0.2, 0.25) is 5.91 Å². The molecule has 0 spiro atoms. The van der Waals surface area contributed by atoms with Gasteiger partial charge in [0.1, 0.15) is 0 Å². The first-order valence-electron chi connectivity index (χ1n) is 5.92. The number of carboxylic acids is 1. The van der Waals surface area contributed by atoms with Gasteiger partial charge < -0.3 is 10.4 Å². The summed E-state index contributed by atoms with van der Waals surface area (Å²) in [5, 5.41) is 12.4. The largest absolute Gasteiger partial charge is 0.481 e. The van der Waals surface area contributed by atoms with Gasteiger partial charge in [-0.2, -0.15) is 0 Å². The van der Waals surface area contributed by atoms with Crippen LogP contribution in [-0.2, 0) is 16.1 Å². The highest BCUT2D eigenvalue weighted by atomic mass is 35.5. The lowest BCUT2D eigenvalue weighted by atomic mass is 10.0. The summed E-state index contributed by atoms with van der Waals surface area (Å²) in [6, 6.07) is 3.18. The second-order valence-electron chi connectivity index (χ2n) is 4.51. The van der Waals surface area contributed by atoms with Crippen molar-refractivity contribution in [1.82, 2.24) is 5.32 Å². The molecular formula is C13H14Cl3NO3. The number of aliphatic carboxylic acids is 1. The van der Waals surface area contributed by atoms with Crippen molar-refractivity contribution in [1.29, 1.82) is 0 Å². The molecule has 0 fully saturated rings. The Morgan fingerprint density at radius 1 is 1.20 bits per heavy atom. The Hall–Kier alpha value is -0.970. The molecule has 2 N–H and O–H groups in total. The highest BCUT2D eigenvalue weighted by Gasteiger charge is 2.14. The summed E-state index contributed by atoms with van der Waals surface area (Å²) >= 11 is 17.9. The standard InChI is InChI=1S/C13H14Cl3NO3/c1-7(5-12(19)20)4-11(18)17-6-8-9(14)2-3-10(15)13(8)16/h2-3,7H,4-6H2,1H3,(H,17,18)(H,19,20). The van der Waals surface area contributed by atoms with E-state index in [4.69, 9.17) is 39.9 Å². The van der Waals surface area contributed by atoms with Crippen molar-refractivity contribution < 1.29 is 14.7 Å². The number of amides is 1. The van der Waals surface area contributed by atoms with Crippen LogP contribution < -0.4 is 5.32 Å². The summed E-state index contributed by atoms with van der Waals surface area (Å²) in [7, 11) is 0. The average molecular weight is 339 g/mol. The van der Waals surface area contributed by atoms with Gasteiger partial charge in [0.15, 0.2) is 0 Å². The van der Waals surface area contributed by atoms with Crippen LogP contribution in [0.2, 0.25) is 15.1 Å². The van der Waals surface area contributed by atoms with Crippen LogP contribution in [0, 0.1) is 5.92 Å². The van der Waals surface area contributed by atoms with Crippen LogP contribution in [0.3, 0.4) is 0 Å². The van der Waals surface area contributed by atoms with Crippen molar-refractivity contribution in [3.05, 3.63) is 32.8 Å². The third kappa shape index (κ3) is 5.19. The van der Waals surface area contributed by atoms with E-state index in [1.165, 1.54) is 0 Å². The van der Waals surface area contributed by atoms with Gasteiger partial charge in [-0.15, -0.1) is 0 Å². The Morgan fingerprint density at radius 2 is 1.80 bits per heavy atom. The molecular weight excluding hydrogens is 325 g/mol. The van der Waals surface area contributed by atoms with Crippen molar-refractivity contribution in [3.8, 4) is 0 Å². The van der Waals surface area contributed by atoms with Gasteiger partial charge in [0, 0.05) is 30.0 Å². The Bertz CT molecular complexity index is 520. The van der Waals surface area contributed by atoms with Crippen LogP contribution >= 0.6 is 34.8 Å². The number of halogens is 3. The second kappa shape index (κ2) is 7.72. The fourth-order valence-corrected chi connectivity index (χ4v) is 2.36. The fraction of sp³-hybridized carbons (Fsp3) is 0.385. The lowest BCUT2D eigenvalue weighted by molar-refractivity contribution is -0.138. The summed E-state index contributed by atoms with van der Waals surface area (Å²) in [5.74, 6) is -1.42. The van der Waals surface area contributed by atoms with E-state index in [-0.39, 0.29) is 31.2 Å². The van der Waals surface area contributed by atoms with Crippen molar-refractivity contribution in [2.75, 3.05) is 0 Å². The number of carboxylic acid groups (broad SMARTS) is 1. The Kier molecular flexibility index (Phi) is 6.59. The summed E-state index contributed by atoms with van der Waals surface area (Å²) in [5.41, 5.74) is 0.542. The van der Waals surface area contributed by atoms with Crippen LogP contribution in [0.15, 0.2) is 12.1 Å². The summed E-state index contributed by atoms with van der Waals surface area (Å²) < 4.78 is 0. The number of nitrogens with one attached hydrogen (secondary N) is 1. The minimum absolute atomic E-state index is 0.0495. The molecule has 1 amide bonds. The topological polar surface area (TPSA) is 66.4 Å². The average Bonchev–Trinajstić information content (AvgIpc) is 2.33. The van der Waals surface area contributed by atoms with Gasteiger partial charge in [-0.25, -0.2) is 0 Å². The van der Waals surface area contributed by atoms with Gasteiger partial charge in [0.05, 0.1) is 10.0 Å². The molecule has 0 aliphatic heterocycles. The molecule has 0 aromatic heterocycles. The smallest absolute Gasteiger partial charge is 0.303 e. The van der Waals surface area contributed by atoms with Crippen molar-refractivity contribution in [2.45, 2.75) is 26.3 Å². The van der Waals surface area contributed by atoms with Crippen molar-refractivity contribution in [2.24, 2.45) is 5.92 Å². The quantitative estimate of drug-likeness (QED) is 0.776. The molecule has 0 radical (unpaired) electrons. The zero-order valence-corrected chi connectivity index (χ0v) is 13.0. The van der Waals surface area contributed by atoms with E-state index in [1.807, 2.05) is 0 Å². The third-order valence-electron chi connectivity index (χ3n) is 2.66. The Morgan fingerprint density at radius 3 is 2.40 bits per heavy atom. The second-order valence-corrected chi connectivity index (χ2v) is 5.70. The van der Waals surface area contributed by atoms with E-state index in [9.17, 15) is 9.59 Å². The van der Waals surface area contributed by atoms with Crippen LogP contribution in [0.25, 0.3) is 0 Å². The molecule has 1 rings (SSSR count). The first kappa shape index (κ1) is 17.1. The predicted molar refractivity (Wildman–Crippen MR) is 79.4 cm³/mol. The van der Waals surface area contributed by atoms with Gasteiger partial charge >= 0.3 is 5.97 Å². The first-order chi connectivity index (χ1) is 9.31. The molecule has 20 heavy (non-hydrogen) atoms. The highest BCUT2D eigenvalue weighted by molar-refractivity contribution is 6.44. The normalized spacial score (nSPS) is 12.0. The maximum absolute atomic E-state index is 11.7. The third-order valence-corrected chi connectivity index (χ3v) is 3.86. The monoisotopic (exact) mass is 337 g/mol. The van der Waals surface area contributed by atoms with Crippen molar-refractivity contribution in [3.63, 3.8) is 0 Å². The minimum atomic E-state index is -0.925. The zero-order valence-electron chi connectivity index (χ0n) is 10.8. The van der Waals surface area contributed by atoms with Gasteiger partial charge in [0.25, 0.3) is 0 Å². The number of hydrogen-bond donors (Lipinski definition) is 2. The van der Waals surface area contributed by atoms with E-state index in [2.05, 4.69) is 5.32 Å². The van der Waals surface area contributed by atoms with Crippen LogP contribution in [0.5, 0.6) is 0 Å². The zero-order chi connectivity index (χ0) is 15.3. The number of carbonyl (C=O) groups excluding carboxylic acids is 1. The van der Waals surface area contributed by atoms with Gasteiger partial charge in [-0.3, -0.25) is 9.59 Å². The Balaban J connectivity index is 2.57. The summed E-state index contributed by atoms with van der Waals surface area (Å²) in [6.45, 7) is 1.85. The maximum Gasteiger partial charge on any atom is 0.303 e. The molecule has 1 aromatic rings. The van der Waals surface area contributed by atoms with E-state index in [0.29, 0.717) is 20.6 Å². The molecule has 110 valence electrons. The van der Waals surface area contributed by atoms with E-state index >= 15 is 0 Å². The van der Waals surface area contributed by atoms with Crippen LogP contribution in [0.1, 0.15) is 25.3 Å². The van der Waals surface area contributed by atoms with E-state index < -0.39 is 5.97 Å². The lowest BCUT2D eigenvalue weighted by Crippen LogP contribution is -2.25. The molecule has 0 aliphatic carbocycles. The van der Waals surface area contributed by atoms with E-state index in [1.54, 1.807) is 19.1 Å². The molecule has 0 saturated carbocycles. The summed E-state index contributed by atoms with van der Waals surface area (Å²) in [4.78, 5) is 22.2. The number of hydrogen-bond acceptors (Lipinski definition) is 2. The lowest BCUT2D eigenvalue weighted by Gasteiger charge is -2.12. The van der Waals surface area contributed by atoms with Crippen LogP contribution in [-0.4, -0.2) is 17.0 Å². The number of benzene rings is 1. The van der Waals surface area contributed by atoms with E-state index in [0.717, 1.165) is 0 Å². The number of rotatable bonds is 6. The molecule has 0 aliphatic rings. The molecule has 0 heterocycles. The minimum Gasteiger partial charge on any atom is -0.481 e. The highest BCUT2D eigenvalue weighted by Crippen LogP contribution is 2.31. The molecule has 0 bridgehead atoms. The molecule has 4 nitrogen and oxygen atoms in total. The molecule has 1 aromatic carbocycles. The van der Waals surface area contributed by atoms with Crippen LogP contribution in [0.4, 0.5) is 0 Å². The molecule has 1 unspecified atom stereocenters. The fourth-order valence-electron chi connectivity index (χ4n) is 1.68. The van der Waals surface area contributed by atoms with Crippen molar-refractivity contribution >= 4 is 46.7 Å². The SMILES string of the molecule is CC(CC(=O)O)CC(=O)NCc1c(Cl)ccc(Cl)c1Cl. The van der Waals surface area contributed by atoms with Gasteiger partial charge in [-0.1, -0.05) is 41.7 Å². The number of carbonyl (C=O) groups is 2. The Labute approximate surface area is 132 Å². The summed E-state index contributed by atoms with van der Waals surface area (Å²) in [6.07, 6.45) is 0.0776. The molecule has 0 saturated heterocycles. The predicted octanol–water partition coefficient (Wildman–Crippen LogP) is 3.76. The molecule has 7 heteroatoms.